The molecule has 1 N–H and O–H groups in total. The molecule has 6 heteroatoms. The molecule has 0 fully saturated rings. The van der Waals surface area contributed by atoms with Crippen LogP contribution in [0, 0.1) is 11.3 Å². The zero-order valence-electron chi connectivity index (χ0n) is 17.7. The quantitative estimate of drug-likeness (QED) is 0.259. The van der Waals surface area contributed by atoms with Crippen LogP contribution in [-0.2, 0) is 14.4 Å². The summed E-state index contributed by atoms with van der Waals surface area (Å²) < 4.78 is 0. The molecule has 0 amide bonds. The molecular weight excluding hydrogens is 435 g/mol. The van der Waals surface area contributed by atoms with E-state index in [1.54, 1.807) is 12.1 Å². The first kappa shape index (κ1) is 24.8. The van der Waals surface area contributed by atoms with E-state index in [-0.39, 0.29) is 18.6 Å². The molecule has 164 valence electrons. The third-order valence-corrected chi connectivity index (χ3v) is 5.98. The third kappa shape index (κ3) is 5.84. The Labute approximate surface area is 192 Å². The van der Waals surface area contributed by atoms with Gasteiger partial charge in [0.05, 0.1) is 5.41 Å². The van der Waals surface area contributed by atoms with Gasteiger partial charge in [-0.25, -0.2) is 0 Å². The van der Waals surface area contributed by atoms with Crippen molar-refractivity contribution in [2.24, 2.45) is 11.3 Å². The Morgan fingerprint density at radius 1 is 1.13 bits per heavy atom. The zero-order chi connectivity index (χ0) is 23.3. The number of allylic oxidation sites excluding steroid dienone is 5. The van der Waals surface area contributed by atoms with E-state index in [4.69, 9.17) is 23.2 Å². The first-order valence-electron chi connectivity index (χ1n) is 9.93. The highest BCUT2D eigenvalue weighted by atomic mass is 35.5. The smallest absolute Gasteiger partial charge is 0.177 e. The van der Waals surface area contributed by atoms with Crippen molar-refractivity contribution in [2.45, 2.75) is 39.5 Å². The van der Waals surface area contributed by atoms with Crippen LogP contribution in [0.25, 0.3) is 6.08 Å². The van der Waals surface area contributed by atoms with Crippen molar-refractivity contribution in [3.63, 3.8) is 0 Å². The molecule has 1 atom stereocenters. The van der Waals surface area contributed by atoms with Gasteiger partial charge in [-0.05, 0) is 69.4 Å². The van der Waals surface area contributed by atoms with E-state index in [2.05, 4.69) is 13.2 Å². The predicted octanol–water partition coefficient (Wildman–Crippen LogP) is 6.48. The van der Waals surface area contributed by atoms with E-state index in [1.807, 2.05) is 13.8 Å². The normalized spacial score (nSPS) is 18.2. The molecule has 31 heavy (non-hydrogen) atoms. The summed E-state index contributed by atoms with van der Waals surface area (Å²) in [7, 11) is 0. The van der Waals surface area contributed by atoms with Crippen LogP contribution >= 0.6 is 23.2 Å². The van der Waals surface area contributed by atoms with Gasteiger partial charge >= 0.3 is 0 Å². The third-order valence-electron chi connectivity index (χ3n) is 5.42. The molecule has 0 aliphatic heterocycles. The lowest BCUT2D eigenvalue weighted by Gasteiger charge is -2.37. The molecular formula is C25H26Cl2O4. The van der Waals surface area contributed by atoms with Crippen LogP contribution in [-0.4, -0.2) is 22.5 Å². The minimum Gasteiger partial charge on any atom is -0.511 e. The second-order valence-electron chi connectivity index (χ2n) is 8.13. The van der Waals surface area contributed by atoms with Gasteiger partial charge in [0, 0.05) is 16.1 Å². The molecule has 0 aromatic heterocycles. The second-order valence-corrected chi connectivity index (χ2v) is 8.97. The Morgan fingerprint density at radius 3 is 2.23 bits per heavy atom. The Kier molecular flexibility index (Phi) is 8.21. The number of halogens is 2. The van der Waals surface area contributed by atoms with Gasteiger partial charge in [-0.1, -0.05) is 40.4 Å². The van der Waals surface area contributed by atoms with E-state index in [9.17, 15) is 19.5 Å². The van der Waals surface area contributed by atoms with Crippen LogP contribution in [0.5, 0.6) is 0 Å². The Hall–Kier alpha value is -2.43. The van der Waals surface area contributed by atoms with Gasteiger partial charge in [0.2, 0.25) is 0 Å². The van der Waals surface area contributed by atoms with Crippen LogP contribution in [0.1, 0.15) is 45.1 Å². The standard InChI is InChI=1S/C25H26Cl2O4/c1-15(2)9-11-25(12-10-16(3)4)22(30)14-21(29)23(24(25)31)20(28)8-6-17-5-7-18(26)13-19(17)27/h5-8,13-14,23,30H,1,3,9-12H2,2,4H3. The van der Waals surface area contributed by atoms with E-state index in [0.29, 0.717) is 28.5 Å². The van der Waals surface area contributed by atoms with Crippen molar-refractivity contribution in [2.75, 3.05) is 0 Å². The number of ketones is 3. The van der Waals surface area contributed by atoms with Gasteiger partial charge in [0.15, 0.2) is 17.3 Å². The van der Waals surface area contributed by atoms with Crippen molar-refractivity contribution in [1.82, 2.24) is 0 Å². The second kappa shape index (κ2) is 10.3. The summed E-state index contributed by atoms with van der Waals surface area (Å²) in [6.07, 6.45) is 5.12. The molecule has 1 aliphatic rings. The van der Waals surface area contributed by atoms with E-state index < -0.39 is 28.7 Å². The number of hydrogen-bond donors (Lipinski definition) is 1. The number of Topliss-reactive ketones (excluding diaryl/α,β-unsaturated/α-hetero) is 1. The topological polar surface area (TPSA) is 71.4 Å². The van der Waals surface area contributed by atoms with Crippen molar-refractivity contribution < 1.29 is 19.5 Å². The molecule has 2 rings (SSSR count). The highest BCUT2D eigenvalue weighted by Crippen LogP contribution is 2.44. The van der Waals surface area contributed by atoms with Crippen molar-refractivity contribution in [3.05, 3.63) is 76.0 Å². The van der Waals surface area contributed by atoms with Crippen LogP contribution in [0.4, 0.5) is 0 Å². The molecule has 1 unspecified atom stereocenters. The molecule has 0 saturated heterocycles. The maximum Gasteiger partial charge on any atom is 0.177 e. The Morgan fingerprint density at radius 2 is 1.71 bits per heavy atom. The highest BCUT2D eigenvalue weighted by molar-refractivity contribution is 6.35. The monoisotopic (exact) mass is 460 g/mol. The number of rotatable bonds is 9. The number of aliphatic hydroxyl groups is 1. The summed E-state index contributed by atoms with van der Waals surface area (Å²) in [5.41, 5.74) is 0.891. The Balaban J connectivity index is 2.40. The van der Waals surface area contributed by atoms with E-state index in [1.165, 1.54) is 18.2 Å². The number of carbonyl (C=O) groups excluding carboxylic acids is 3. The van der Waals surface area contributed by atoms with Crippen molar-refractivity contribution >= 4 is 46.6 Å². The van der Waals surface area contributed by atoms with Gasteiger partial charge < -0.3 is 5.11 Å². The van der Waals surface area contributed by atoms with Gasteiger partial charge in [-0.2, -0.15) is 0 Å². The SMILES string of the molecule is C=C(C)CCC1(CCC(=C)C)C(=O)C(C(=O)C=Cc2ccc(Cl)cc2Cl)C(=O)C=C1O. The van der Waals surface area contributed by atoms with Crippen LogP contribution in [0.2, 0.25) is 10.0 Å². The first-order valence-corrected chi connectivity index (χ1v) is 10.7. The van der Waals surface area contributed by atoms with Gasteiger partial charge in [-0.15, -0.1) is 13.2 Å². The molecule has 1 aliphatic carbocycles. The summed E-state index contributed by atoms with van der Waals surface area (Å²) in [5.74, 6) is -3.76. The molecule has 0 bridgehead atoms. The number of aliphatic hydroxyl groups excluding tert-OH is 1. The summed E-state index contributed by atoms with van der Waals surface area (Å²) in [6, 6.07) is 4.79. The fourth-order valence-electron chi connectivity index (χ4n) is 3.54. The maximum atomic E-state index is 13.5. The zero-order valence-corrected chi connectivity index (χ0v) is 19.2. The number of carbonyl (C=O) groups is 3. The fraction of sp³-hybridized carbons (Fsp3) is 0.320. The molecule has 0 radical (unpaired) electrons. The average molecular weight is 461 g/mol. The van der Waals surface area contributed by atoms with Gasteiger partial charge in [0.25, 0.3) is 0 Å². The first-order chi connectivity index (χ1) is 14.5. The molecule has 1 aromatic rings. The van der Waals surface area contributed by atoms with Gasteiger partial charge in [0.1, 0.15) is 11.7 Å². The summed E-state index contributed by atoms with van der Waals surface area (Å²) in [5, 5.41) is 11.4. The summed E-state index contributed by atoms with van der Waals surface area (Å²) >= 11 is 12.0. The number of hydrogen-bond acceptors (Lipinski definition) is 4. The minimum absolute atomic E-state index is 0.264. The van der Waals surface area contributed by atoms with E-state index in [0.717, 1.165) is 17.2 Å². The minimum atomic E-state index is -1.51. The van der Waals surface area contributed by atoms with Crippen molar-refractivity contribution in [3.8, 4) is 0 Å². The molecule has 0 spiro atoms. The number of benzene rings is 1. The predicted molar refractivity (Wildman–Crippen MR) is 125 cm³/mol. The maximum absolute atomic E-state index is 13.5. The van der Waals surface area contributed by atoms with Crippen molar-refractivity contribution in [1.29, 1.82) is 0 Å². The lowest BCUT2D eigenvalue weighted by atomic mass is 9.64. The lowest BCUT2D eigenvalue weighted by molar-refractivity contribution is -0.143. The molecule has 1 aromatic carbocycles. The summed E-state index contributed by atoms with van der Waals surface area (Å²) in [6.45, 7) is 11.4. The average Bonchev–Trinajstić information content (AvgIpc) is 2.66. The van der Waals surface area contributed by atoms with Crippen LogP contribution in [0.3, 0.4) is 0 Å². The van der Waals surface area contributed by atoms with Crippen LogP contribution in [0.15, 0.2) is 60.4 Å². The lowest BCUT2D eigenvalue weighted by Crippen LogP contribution is -2.47. The molecule has 0 saturated carbocycles. The van der Waals surface area contributed by atoms with Crippen LogP contribution < -0.4 is 0 Å². The van der Waals surface area contributed by atoms with Gasteiger partial charge in [-0.3, -0.25) is 14.4 Å². The fourth-order valence-corrected chi connectivity index (χ4v) is 4.01. The highest BCUT2D eigenvalue weighted by Gasteiger charge is 2.51. The summed E-state index contributed by atoms with van der Waals surface area (Å²) in [4.78, 5) is 38.9. The largest absolute Gasteiger partial charge is 0.511 e. The van der Waals surface area contributed by atoms with E-state index >= 15 is 0 Å². The Bertz CT molecular complexity index is 983. The molecule has 0 heterocycles. The molecule has 4 nitrogen and oxygen atoms in total.